The molecule has 98 valence electrons. The molecule has 1 N–H and O–H groups in total. The Morgan fingerprint density at radius 1 is 1.33 bits per heavy atom. The van der Waals surface area contributed by atoms with Crippen LogP contribution in [0.3, 0.4) is 0 Å². The van der Waals surface area contributed by atoms with E-state index in [1.165, 1.54) is 0 Å². The van der Waals surface area contributed by atoms with Crippen LogP contribution >= 0.6 is 0 Å². The fourth-order valence-electron chi connectivity index (χ4n) is 1.84. The SMILES string of the molecule is CCCS(=O)(=O)Nc1ccc2nc(C)c(C)n2c1. The summed E-state index contributed by atoms with van der Waals surface area (Å²) in [6, 6.07) is 3.54. The minimum atomic E-state index is -3.24. The summed E-state index contributed by atoms with van der Waals surface area (Å²) in [5.41, 5.74) is 3.35. The van der Waals surface area contributed by atoms with Gasteiger partial charge in [0.05, 0.1) is 17.1 Å². The number of nitrogens with one attached hydrogen (secondary N) is 1. The highest BCUT2D eigenvalue weighted by molar-refractivity contribution is 7.92. The summed E-state index contributed by atoms with van der Waals surface area (Å²) in [4.78, 5) is 4.37. The Morgan fingerprint density at radius 2 is 2.06 bits per heavy atom. The van der Waals surface area contributed by atoms with Crippen LogP contribution in [0, 0.1) is 13.8 Å². The molecule has 0 amide bonds. The summed E-state index contributed by atoms with van der Waals surface area (Å²) in [5.74, 6) is 0.132. The molecule has 0 aromatic carbocycles. The van der Waals surface area contributed by atoms with Gasteiger partial charge in [-0.2, -0.15) is 0 Å². The van der Waals surface area contributed by atoms with Gasteiger partial charge in [0, 0.05) is 11.9 Å². The van der Waals surface area contributed by atoms with Gasteiger partial charge in [-0.05, 0) is 32.4 Å². The number of hydrogen-bond acceptors (Lipinski definition) is 3. The molecule has 0 radical (unpaired) electrons. The van der Waals surface area contributed by atoms with E-state index < -0.39 is 10.0 Å². The number of fused-ring (bicyclic) bond motifs is 1. The first kappa shape index (κ1) is 12.9. The third kappa shape index (κ3) is 2.48. The molecule has 0 aliphatic heterocycles. The second-order valence-corrected chi connectivity index (χ2v) is 6.19. The predicted molar refractivity (Wildman–Crippen MR) is 72.4 cm³/mol. The van der Waals surface area contributed by atoms with E-state index in [2.05, 4.69) is 9.71 Å². The lowest BCUT2D eigenvalue weighted by molar-refractivity contribution is 0.600. The first-order valence-electron chi connectivity index (χ1n) is 5.89. The summed E-state index contributed by atoms with van der Waals surface area (Å²) in [7, 11) is -3.24. The minimum Gasteiger partial charge on any atom is -0.302 e. The molecule has 0 saturated carbocycles. The molecule has 0 saturated heterocycles. The summed E-state index contributed by atoms with van der Waals surface area (Å²) < 4.78 is 27.8. The normalized spacial score (nSPS) is 11.9. The van der Waals surface area contributed by atoms with Gasteiger partial charge in [-0.3, -0.25) is 4.72 Å². The Bertz CT molecular complexity index is 674. The lowest BCUT2D eigenvalue weighted by atomic mass is 10.4. The van der Waals surface area contributed by atoms with Gasteiger partial charge < -0.3 is 4.40 Å². The van der Waals surface area contributed by atoms with Crippen LogP contribution < -0.4 is 4.72 Å². The zero-order chi connectivity index (χ0) is 13.3. The lowest BCUT2D eigenvalue weighted by Crippen LogP contribution is -2.16. The number of sulfonamides is 1. The van der Waals surface area contributed by atoms with Crippen molar-refractivity contribution < 1.29 is 8.42 Å². The molecule has 18 heavy (non-hydrogen) atoms. The zero-order valence-electron chi connectivity index (χ0n) is 10.8. The molecular formula is C12H17N3O2S. The first-order valence-corrected chi connectivity index (χ1v) is 7.54. The van der Waals surface area contributed by atoms with Crippen LogP contribution in [-0.2, 0) is 10.0 Å². The second kappa shape index (κ2) is 4.61. The maximum absolute atomic E-state index is 11.7. The average Bonchev–Trinajstić information content (AvgIpc) is 2.55. The molecule has 0 bridgehead atoms. The van der Waals surface area contributed by atoms with Gasteiger partial charge in [-0.1, -0.05) is 6.92 Å². The molecule has 6 heteroatoms. The summed E-state index contributed by atoms with van der Waals surface area (Å²) >= 11 is 0. The van der Waals surface area contributed by atoms with E-state index in [9.17, 15) is 8.42 Å². The number of pyridine rings is 1. The summed E-state index contributed by atoms with van der Waals surface area (Å²) in [6.07, 6.45) is 2.36. The van der Waals surface area contributed by atoms with Crippen LogP contribution in [0.5, 0.6) is 0 Å². The number of aryl methyl sites for hydroxylation is 2. The van der Waals surface area contributed by atoms with Crippen molar-refractivity contribution in [3.8, 4) is 0 Å². The number of rotatable bonds is 4. The van der Waals surface area contributed by atoms with Gasteiger partial charge in [0.25, 0.3) is 0 Å². The lowest BCUT2D eigenvalue weighted by Gasteiger charge is -2.07. The molecule has 2 aromatic rings. The molecule has 0 aliphatic carbocycles. The monoisotopic (exact) mass is 267 g/mol. The second-order valence-electron chi connectivity index (χ2n) is 4.35. The molecule has 2 aromatic heterocycles. The van der Waals surface area contributed by atoms with Gasteiger partial charge >= 0.3 is 0 Å². The third-order valence-electron chi connectivity index (χ3n) is 2.84. The maximum Gasteiger partial charge on any atom is 0.232 e. The molecule has 0 unspecified atom stereocenters. The van der Waals surface area contributed by atoms with Crippen molar-refractivity contribution in [2.24, 2.45) is 0 Å². The summed E-state index contributed by atoms with van der Waals surface area (Å²) in [5, 5.41) is 0. The molecule has 0 spiro atoms. The van der Waals surface area contributed by atoms with Gasteiger partial charge in [0.15, 0.2) is 0 Å². The highest BCUT2D eigenvalue weighted by Crippen LogP contribution is 2.16. The summed E-state index contributed by atoms with van der Waals surface area (Å²) in [6.45, 7) is 5.73. The maximum atomic E-state index is 11.7. The van der Waals surface area contributed by atoms with Gasteiger partial charge in [-0.25, -0.2) is 13.4 Å². The Kier molecular flexibility index (Phi) is 3.30. The topological polar surface area (TPSA) is 63.5 Å². The van der Waals surface area contributed by atoms with E-state index in [1.54, 1.807) is 12.3 Å². The molecule has 0 aliphatic rings. The van der Waals surface area contributed by atoms with Crippen molar-refractivity contribution in [3.05, 3.63) is 29.7 Å². The van der Waals surface area contributed by atoms with Gasteiger partial charge in [-0.15, -0.1) is 0 Å². The molecule has 2 heterocycles. The van der Waals surface area contributed by atoms with Crippen LogP contribution in [0.4, 0.5) is 5.69 Å². The van der Waals surface area contributed by atoms with Crippen molar-refractivity contribution in [2.75, 3.05) is 10.5 Å². The van der Waals surface area contributed by atoms with Crippen LogP contribution in [0.2, 0.25) is 0 Å². The Hall–Kier alpha value is -1.56. The number of imidazole rings is 1. The van der Waals surface area contributed by atoms with Gasteiger partial charge in [0.2, 0.25) is 10.0 Å². The molecular weight excluding hydrogens is 250 g/mol. The van der Waals surface area contributed by atoms with Gasteiger partial charge in [0.1, 0.15) is 5.65 Å². The van der Waals surface area contributed by atoms with Crippen molar-refractivity contribution in [1.29, 1.82) is 0 Å². The Morgan fingerprint density at radius 3 is 2.72 bits per heavy atom. The average molecular weight is 267 g/mol. The van der Waals surface area contributed by atoms with Crippen molar-refractivity contribution in [3.63, 3.8) is 0 Å². The van der Waals surface area contributed by atoms with Crippen LogP contribution in [-0.4, -0.2) is 23.6 Å². The van der Waals surface area contributed by atoms with Crippen molar-refractivity contribution in [2.45, 2.75) is 27.2 Å². The quantitative estimate of drug-likeness (QED) is 0.922. The van der Waals surface area contributed by atoms with E-state index >= 15 is 0 Å². The van der Waals surface area contributed by atoms with Crippen molar-refractivity contribution >= 4 is 21.4 Å². The van der Waals surface area contributed by atoms with Crippen LogP contribution in [0.1, 0.15) is 24.7 Å². The van der Waals surface area contributed by atoms with Crippen molar-refractivity contribution in [1.82, 2.24) is 9.38 Å². The van der Waals surface area contributed by atoms with E-state index in [1.807, 2.05) is 31.2 Å². The molecule has 0 fully saturated rings. The van der Waals surface area contributed by atoms with E-state index in [0.717, 1.165) is 17.0 Å². The number of hydrogen-bond donors (Lipinski definition) is 1. The fraction of sp³-hybridized carbons (Fsp3) is 0.417. The highest BCUT2D eigenvalue weighted by atomic mass is 32.2. The van der Waals surface area contributed by atoms with Crippen LogP contribution in [0.15, 0.2) is 18.3 Å². The molecule has 0 atom stereocenters. The fourth-order valence-corrected chi connectivity index (χ4v) is 2.96. The minimum absolute atomic E-state index is 0.132. The molecule has 5 nitrogen and oxygen atoms in total. The first-order chi connectivity index (χ1) is 8.43. The predicted octanol–water partition coefficient (Wildman–Crippen LogP) is 2.10. The third-order valence-corrected chi connectivity index (χ3v) is 4.33. The Balaban J connectivity index is 2.39. The number of aromatic nitrogens is 2. The number of nitrogens with zero attached hydrogens (tertiary/aromatic N) is 2. The zero-order valence-corrected chi connectivity index (χ0v) is 11.6. The standard InChI is InChI=1S/C12H17N3O2S/c1-4-7-18(16,17)14-11-5-6-12-13-9(2)10(3)15(12)8-11/h5-6,8,14H,4,7H2,1-3H3. The number of anilines is 1. The smallest absolute Gasteiger partial charge is 0.232 e. The van der Waals surface area contributed by atoms with E-state index in [-0.39, 0.29) is 5.75 Å². The highest BCUT2D eigenvalue weighted by Gasteiger charge is 2.10. The van der Waals surface area contributed by atoms with E-state index in [0.29, 0.717) is 12.1 Å². The largest absolute Gasteiger partial charge is 0.302 e. The van der Waals surface area contributed by atoms with Crippen LogP contribution in [0.25, 0.3) is 5.65 Å². The van der Waals surface area contributed by atoms with E-state index in [4.69, 9.17) is 0 Å². The molecule has 2 rings (SSSR count). The Labute approximate surface area is 107 Å².